The van der Waals surface area contributed by atoms with Gasteiger partial charge >= 0.3 is 0 Å². The van der Waals surface area contributed by atoms with Gasteiger partial charge in [-0.3, -0.25) is 9.59 Å². The second-order valence-electron chi connectivity index (χ2n) is 8.80. The van der Waals surface area contributed by atoms with Crippen LogP contribution in [0.5, 0.6) is 5.75 Å². The van der Waals surface area contributed by atoms with Crippen LogP contribution in [0.1, 0.15) is 33.6 Å². The van der Waals surface area contributed by atoms with Gasteiger partial charge in [0.1, 0.15) is 5.75 Å². The second-order valence-corrected chi connectivity index (χ2v) is 8.80. The van der Waals surface area contributed by atoms with Gasteiger partial charge in [-0.2, -0.15) is 0 Å². The minimum absolute atomic E-state index is 0.0434. The van der Waals surface area contributed by atoms with Crippen LogP contribution < -0.4 is 9.64 Å². The van der Waals surface area contributed by atoms with E-state index in [2.05, 4.69) is 11.0 Å². The average molecular weight is 388 g/mol. The Hall–Kier alpha value is -2.24. The number of rotatable bonds is 3. The predicted molar refractivity (Wildman–Crippen MR) is 111 cm³/mol. The number of amides is 2. The van der Waals surface area contributed by atoms with Crippen molar-refractivity contribution in [1.29, 1.82) is 0 Å². The molecule has 2 fully saturated rings. The molecule has 28 heavy (non-hydrogen) atoms. The molecule has 0 N–H and O–H groups in total. The molecule has 0 unspecified atom stereocenters. The predicted octanol–water partition coefficient (Wildman–Crippen LogP) is 2.63. The maximum absolute atomic E-state index is 13.0. The summed E-state index contributed by atoms with van der Waals surface area (Å²) in [4.78, 5) is 31.6. The zero-order valence-corrected chi connectivity index (χ0v) is 17.6. The number of carbonyl (C=O) groups is 2. The van der Waals surface area contributed by atoms with Crippen molar-refractivity contribution in [2.75, 3.05) is 51.3 Å². The topological polar surface area (TPSA) is 53.1 Å². The molecule has 0 spiro atoms. The molecule has 0 saturated carbocycles. The third-order valence-corrected chi connectivity index (χ3v) is 5.79. The highest BCUT2D eigenvalue weighted by molar-refractivity contribution is 5.83. The maximum atomic E-state index is 13.0. The Balaban J connectivity index is 1.52. The van der Waals surface area contributed by atoms with Gasteiger partial charge in [0.15, 0.2) is 0 Å². The summed E-state index contributed by atoms with van der Waals surface area (Å²) >= 11 is 0. The largest absolute Gasteiger partial charge is 0.495 e. The minimum Gasteiger partial charge on any atom is -0.495 e. The number of likely N-dealkylation sites (tertiary alicyclic amines) is 1. The first kappa shape index (κ1) is 20.5. The fraction of sp³-hybridized carbons (Fsp3) is 0.636. The molecule has 1 aromatic rings. The lowest BCUT2D eigenvalue weighted by atomic mass is 9.90. The van der Waals surface area contributed by atoms with Gasteiger partial charge < -0.3 is 19.4 Å². The average Bonchev–Trinajstić information content (AvgIpc) is 2.72. The van der Waals surface area contributed by atoms with Crippen LogP contribution in [0.4, 0.5) is 5.69 Å². The van der Waals surface area contributed by atoms with E-state index in [4.69, 9.17) is 4.74 Å². The van der Waals surface area contributed by atoms with Gasteiger partial charge in [-0.15, -0.1) is 0 Å². The first-order chi connectivity index (χ1) is 13.3. The van der Waals surface area contributed by atoms with Crippen molar-refractivity contribution < 1.29 is 14.3 Å². The molecule has 0 bridgehead atoms. The van der Waals surface area contributed by atoms with E-state index in [0.717, 1.165) is 50.5 Å². The fourth-order valence-corrected chi connectivity index (χ4v) is 4.12. The molecule has 2 heterocycles. The Morgan fingerprint density at radius 3 is 2.11 bits per heavy atom. The lowest BCUT2D eigenvalue weighted by Crippen LogP contribution is -2.52. The molecule has 0 aliphatic carbocycles. The lowest BCUT2D eigenvalue weighted by Gasteiger charge is -2.40. The molecule has 2 amide bonds. The Morgan fingerprint density at radius 2 is 1.54 bits per heavy atom. The second kappa shape index (κ2) is 8.41. The summed E-state index contributed by atoms with van der Waals surface area (Å²) < 4.78 is 5.47. The third-order valence-electron chi connectivity index (χ3n) is 5.79. The minimum atomic E-state index is -0.355. The number of carbonyl (C=O) groups excluding carboxylic acids is 2. The van der Waals surface area contributed by atoms with Crippen LogP contribution in [0, 0.1) is 11.3 Å². The highest BCUT2D eigenvalue weighted by Gasteiger charge is 2.34. The summed E-state index contributed by atoms with van der Waals surface area (Å²) in [6.45, 7) is 10.3. The quantitative estimate of drug-likeness (QED) is 0.800. The number of anilines is 1. The van der Waals surface area contributed by atoms with E-state index in [1.54, 1.807) is 7.11 Å². The normalized spacial score (nSPS) is 18.9. The molecule has 1 aromatic carbocycles. The Kier molecular flexibility index (Phi) is 6.16. The van der Waals surface area contributed by atoms with Crippen LogP contribution >= 0.6 is 0 Å². The summed E-state index contributed by atoms with van der Waals surface area (Å²) in [5.41, 5.74) is 0.733. The number of hydrogen-bond donors (Lipinski definition) is 0. The van der Waals surface area contributed by atoms with E-state index in [1.165, 1.54) is 0 Å². The Bertz CT molecular complexity index is 697. The molecule has 6 heteroatoms. The van der Waals surface area contributed by atoms with E-state index in [1.807, 2.05) is 48.8 Å². The smallest absolute Gasteiger partial charge is 0.227 e. The molecule has 0 atom stereocenters. The van der Waals surface area contributed by atoms with Crippen LogP contribution in [0.2, 0.25) is 0 Å². The van der Waals surface area contributed by atoms with Crippen molar-refractivity contribution in [3.8, 4) is 5.75 Å². The van der Waals surface area contributed by atoms with Gasteiger partial charge in [0.25, 0.3) is 0 Å². The first-order valence-corrected chi connectivity index (χ1v) is 10.3. The van der Waals surface area contributed by atoms with Crippen molar-refractivity contribution in [2.24, 2.45) is 11.3 Å². The van der Waals surface area contributed by atoms with Crippen molar-refractivity contribution in [2.45, 2.75) is 33.6 Å². The van der Waals surface area contributed by atoms with Gasteiger partial charge in [0.05, 0.1) is 12.8 Å². The van der Waals surface area contributed by atoms with E-state index >= 15 is 0 Å². The summed E-state index contributed by atoms with van der Waals surface area (Å²) in [6.07, 6.45) is 1.54. The molecular weight excluding hydrogens is 354 g/mol. The monoisotopic (exact) mass is 387 g/mol. The van der Waals surface area contributed by atoms with Crippen molar-refractivity contribution in [3.63, 3.8) is 0 Å². The fourth-order valence-electron chi connectivity index (χ4n) is 4.12. The number of nitrogens with zero attached hydrogens (tertiary/aromatic N) is 3. The Labute approximate surface area is 168 Å². The first-order valence-electron chi connectivity index (χ1n) is 10.3. The molecule has 2 aliphatic heterocycles. The number of methoxy groups -OCH3 is 1. The van der Waals surface area contributed by atoms with E-state index in [0.29, 0.717) is 13.1 Å². The van der Waals surface area contributed by atoms with Crippen LogP contribution in [-0.4, -0.2) is 68.0 Å². The molecular formula is C22H33N3O3. The standard InChI is InChI=1S/C22H33N3O3/c1-22(2,3)21(27)25-11-9-17(10-12-25)20(26)24-15-13-23(14-16-24)18-7-5-6-8-19(18)28-4/h5-8,17H,9-16H2,1-4H3. The molecule has 2 aliphatic rings. The third kappa shape index (κ3) is 4.42. The van der Waals surface area contributed by atoms with Gasteiger partial charge in [-0.25, -0.2) is 0 Å². The van der Waals surface area contributed by atoms with Crippen LogP contribution in [0.15, 0.2) is 24.3 Å². The van der Waals surface area contributed by atoms with Gasteiger partial charge in [0, 0.05) is 50.6 Å². The number of ether oxygens (including phenoxy) is 1. The van der Waals surface area contributed by atoms with Crippen LogP contribution in [-0.2, 0) is 9.59 Å². The lowest BCUT2D eigenvalue weighted by molar-refractivity contribution is -0.145. The van der Waals surface area contributed by atoms with Gasteiger partial charge in [-0.1, -0.05) is 32.9 Å². The highest BCUT2D eigenvalue weighted by Crippen LogP contribution is 2.29. The summed E-state index contributed by atoms with van der Waals surface area (Å²) in [5, 5.41) is 0. The zero-order valence-electron chi connectivity index (χ0n) is 17.6. The number of hydrogen-bond acceptors (Lipinski definition) is 4. The molecule has 0 radical (unpaired) electrons. The Morgan fingerprint density at radius 1 is 0.929 bits per heavy atom. The molecule has 3 rings (SSSR count). The number of benzene rings is 1. The van der Waals surface area contributed by atoms with Crippen LogP contribution in [0.25, 0.3) is 0 Å². The highest BCUT2D eigenvalue weighted by atomic mass is 16.5. The summed E-state index contributed by atoms with van der Waals surface area (Å²) in [7, 11) is 1.69. The summed E-state index contributed by atoms with van der Waals surface area (Å²) in [5.74, 6) is 1.35. The van der Waals surface area contributed by atoms with Crippen molar-refractivity contribution in [3.05, 3.63) is 24.3 Å². The van der Waals surface area contributed by atoms with E-state index in [9.17, 15) is 9.59 Å². The zero-order chi connectivity index (χ0) is 20.3. The molecule has 2 saturated heterocycles. The van der Waals surface area contributed by atoms with Gasteiger partial charge in [0.2, 0.25) is 11.8 Å². The van der Waals surface area contributed by atoms with Crippen molar-refractivity contribution >= 4 is 17.5 Å². The van der Waals surface area contributed by atoms with Gasteiger partial charge in [-0.05, 0) is 25.0 Å². The number of piperidine rings is 1. The van der Waals surface area contributed by atoms with Crippen molar-refractivity contribution in [1.82, 2.24) is 9.80 Å². The maximum Gasteiger partial charge on any atom is 0.227 e. The molecule has 6 nitrogen and oxygen atoms in total. The SMILES string of the molecule is COc1ccccc1N1CCN(C(=O)C2CCN(C(=O)C(C)(C)C)CC2)CC1. The molecule has 0 aromatic heterocycles. The van der Waals surface area contributed by atoms with E-state index in [-0.39, 0.29) is 23.1 Å². The molecule has 154 valence electrons. The number of para-hydroxylation sites is 2. The van der Waals surface area contributed by atoms with Crippen LogP contribution in [0.3, 0.4) is 0 Å². The summed E-state index contributed by atoms with van der Waals surface area (Å²) in [6, 6.07) is 8.03. The van der Waals surface area contributed by atoms with E-state index < -0.39 is 0 Å². The number of piperazine rings is 1.